The van der Waals surface area contributed by atoms with Crippen LogP contribution < -0.4 is 10.6 Å². The number of furan rings is 2. The smallest absolute Gasteiger partial charge is 0.136 e. The Labute approximate surface area is 298 Å². The van der Waals surface area contributed by atoms with Crippen LogP contribution in [0.25, 0.3) is 76.5 Å². The molecule has 2 aromatic heterocycles. The zero-order valence-electron chi connectivity index (χ0n) is 28.0. The lowest BCUT2D eigenvalue weighted by Gasteiger charge is -2.32. The van der Waals surface area contributed by atoms with E-state index in [1.54, 1.807) is 0 Å². The Morgan fingerprint density at radius 1 is 0.462 bits per heavy atom. The number of para-hydroxylation sites is 2. The second kappa shape index (κ2) is 11.4. The first-order valence-electron chi connectivity index (χ1n) is 17.7. The van der Waals surface area contributed by atoms with Gasteiger partial charge in [-0.3, -0.25) is 5.32 Å². The van der Waals surface area contributed by atoms with Crippen molar-refractivity contribution in [2.75, 3.05) is 0 Å². The second-order valence-corrected chi connectivity index (χ2v) is 13.6. The van der Waals surface area contributed by atoms with Crippen LogP contribution in [-0.4, -0.2) is 5.84 Å². The van der Waals surface area contributed by atoms with E-state index in [2.05, 4.69) is 150 Å². The number of amidine groups is 1. The number of benzene rings is 8. The van der Waals surface area contributed by atoms with E-state index in [1.807, 2.05) is 24.3 Å². The summed E-state index contributed by atoms with van der Waals surface area (Å²) >= 11 is 0. The molecule has 0 fully saturated rings. The van der Waals surface area contributed by atoms with Crippen LogP contribution in [0.15, 0.2) is 178 Å². The molecule has 0 spiro atoms. The highest BCUT2D eigenvalue weighted by Crippen LogP contribution is 2.41. The van der Waals surface area contributed by atoms with Gasteiger partial charge in [0.05, 0.1) is 0 Å². The summed E-state index contributed by atoms with van der Waals surface area (Å²) in [6.45, 7) is 0. The summed E-state index contributed by atoms with van der Waals surface area (Å²) in [6.07, 6.45) is -0.561. The van der Waals surface area contributed by atoms with E-state index in [4.69, 9.17) is 13.8 Å². The third kappa shape index (κ3) is 4.57. The van der Waals surface area contributed by atoms with Crippen LogP contribution in [0.3, 0.4) is 0 Å². The molecule has 0 bridgehead atoms. The van der Waals surface area contributed by atoms with Gasteiger partial charge in [-0.2, -0.15) is 0 Å². The molecule has 0 amide bonds. The van der Waals surface area contributed by atoms with Gasteiger partial charge in [0.2, 0.25) is 0 Å². The fraction of sp³-hybridized carbons (Fsp3) is 0.0426. The molecule has 0 aliphatic carbocycles. The first kappa shape index (κ1) is 29.1. The fourth-order valence-electron chi connectivity index (χ4n) is 8.10. The first-order chi connectivity index (χ1) is 25.7. The lowest BCUT2D eigenvalue weighted by Crippen LogP contribution is -2.45. The van der Waals surface area contributed by atoms with Crippen LogP contribution in [0.4, 0.5) is 0 Å². The van der Waals surface area contributed by atoms with Gasteiger partial charge in [0.25, 0.3) is 0 Å². The average Bonchev–Trinajstić information content (AvgIpc) is 3.78. The van der Waals surface area contributed by atoms with E-state index in [0.717, 1.165) is 82.9 Å². The van der Waals surface area contributed by atoms with E-state index in [-0.39, 0.29) is 12.3 Å². The number of hydrogen-bond donors (Lipinski definition) is 2. The van der Waals surface area contributed by atoms with Gasteiger partial charge in [-0.1, -0.05) is 133 Å². The van der Waals surface area contributed by atoms with Crippen molar-refractivity contribution in [3.05, 3.63) is 180 Å². The molecule has 1 aliphatic heterocycles. The summed E-state index contributed by atoms with van der Waals surface area (Å²) in [6, 6.07) is 57.5. The predicted molar refractivity (Wildman–Crippen MR) is 213 cm³/mol. The molecule has 52 heavy (non-hydrogen) atoms. The quantitative estimate of drug-likeness (QED) is 0.196. The summed E-state index contributed by atoms with van der Waals surface area (Å²) < 4.78 is 12.6. The van der Waals surface area contributed by atoms with Crippen molar-refractivity contribution in [3.63, 3.8) is 0 Å². The van der Waals surface area contributed by atoms with E-state index < -0.39 is 0 Å². The maximum atomic E-state index is 6.33. The Morgan fingerprint density at radius 3 is 2.06 bits per heavy atom. The monoisotopic (exact) mass is 669 g/mol. The van der Waals surface area contributed by atoms with Gasteiger partial charge in [0.1, 0.15) is 40.5 Å². The average molecular weight is 670 g/mol. The molecule has 246 valence electrons. The Kier molecular flexibility index (Phi) is 6.39. The number of rotatable bonds is 4. The van der Waals surface area contributed by atoms with Crippen LogP contribution in [0.2, 0.25) is 0 Å². The third-order valence-electron chi connectivity index (χ3n) is 10.6. The summed E-state index contributed by atoms with van der Waals surface area (Å²) in [4.78, 5) is 5.39. The summed E-state index contributed by atoms with van der Waals surface area (Å²) in [5.74, 6) is 0.840. The molecular formula is C47H31N3O2. The Balaban J connectivity index is 1.07. The Hall–Kier alpha value is -6.69. The predicted octanol–water partition coefficient (Wildman–Crippen LogP) is 11.8. The van der Waals surface area contributed by atoms with Crippen molar-refractivity contribution in [2.24, 2.45) is 4.99 Å². The summed E-state index contributed by atoms with van der Waals surface area (Å²) in [5.41, 5.74) is 9.08. The highest BCUT2D eigenvalue weighted by Gasteiger charge is 2.28. The highest BCUT2D eigenvalue weighted by atomic mass is 16.3. The minimum absolute atomic E-state index is 0.230. The Bertz CT molecular complexity index is 3060. The van der Waals surface area contributed by atoms with Crippen LogP contribution >= 0.6 is 0 Å². The SMILES string of the molecule is c1ccc2cc(C3=NC(c4cccc5c(-c6cccc7oc8ccccc8c67)cccc45)NC(c4ccc5c(c4)oc4ccccc45)N3)ccc2c1. The van der Waals surface area contributed by atoms with Crippen molar-refractivity contribution >= 4 is 71.3 Å². The number of fused-ring (bicyclic) bond motifs is 8. The maximum Gasteiger partial charge on any atom is 0.136 e. The number of aliphatic imine (C=N–C) groups is 1. The third-order valence-corrected chi connectivity index (χ3v) is 10.6. The van der Waals surface area contributed by atoms with E-state index in [9.17, 15) is 0 Å². The topological polar surface area (TPSA) is 62.7 Å². The molecule has 0 saturated heterocycles. The van der Waals surface area contributed by atoms with Gasteiger partial charge in [-0.25, -0.2) is 4.99 Å². The van der Waals surface area contributed by atoms with Crippen LogP contribution in [0, 0.1) is 0 Å². The van der Waals surface area contributed by atoms with Gasteiger partial charge in [0, 0.05) is 27.1 Å². The van der Waals surface area contributed by atoms with Crippen molar-refractivity contribution < 1.29 is 8.83 Å². The maximum absolute atomic E-state index is 6.33. The van der Waals surface area contributed by atoms with E-state index >= 15 is 0 Å². The molecule has 0 radical (unpaired) electrons. The number of hydrogen-bond acceptors (Lipinski definition) is 5. The van der Waals surface area contributed by atoms with Gasteiger partial charge < -0.3 is 14.2 Å². The molecule has 11 rings (SSSR count). The lowest BCUT2D eigenvalue weighted by atomic mass is 9.92. The standard InChI is InChI=1S/C47H31N3O2/c1-2-11-29-26-30(23-22-28(29)10-1)45-48-46(31-24-25-36-35-12-3-5-19-40(35)52-43(36)27-31)50-47(49-45)38-18-8-14-32-33(15-7-16-34(32)38)37-17-9-21-42-44(37)39-13-4-6-20-41(39)51-42/h1-27,46-47,50H,(H,48,49). The first-order valence-corrected chi connectivity index (χ1v) is 17.7. The molecule has 0 saturated carbocycles. The van der Waals surface area contributed by atoms with Crippen molar-refractivity contribution in [2.45, 2.75) is 12.3 Å². The van der Waals surface area contributed by atoms with Gasteiger partial charge in [-0.05, 0) is 74.1 Å². The number of nitrogens with zero attached hydrogens (tertiary/aromatic N) is 1. The second-order valence-electron chi connectivity index (χ2n) is 13.6. The Morgan fingerprint density at radius 2 is 1.13 bits per heavy atom. The van der Waals surface area contributed by atoms with E-state index in [1.165, 1.54) is 16.2 Å². The highest BCUT2D eigenvalue weighted by molar-refractivity contribution is 6.15. The minimum Gasteiger partial charge on any atom is -0.456 e. The zero-order valence-corrected chi connectivity index (χ0v) is 28.0. The molecule has 2 N–H and O–H groups in total. The van der Waals surface area contributed by atoms with Gasteiger partial charge >= 0.3 is 0 Å². The fourth-order valence-corrected chi connectivity index (χ4v) is 8.10. The van der Waals surface area contributed by atoms with Crippen LogP contribution in [0.5, 0.6) is 0 Å². The summed E-state index contributed by atoms with van der Waals surface area (Å²) in [5, 5.41) is 16.8. The van der Waals surface area contributed by atoms with Crippen molar-refractivity contribution in [1.29, 1.82) is 0 Å². The van der Waals surface area contributed by atoms with Gasteiger partial charge in [0.15, 0.2) is 0 Å². The summed E-state index contributed by atoms with van der Waals surface area (Å²) in [7, 11) is 0. The molecule has 1 aliphatic rings. The molecule has 8 aromatic carbocycles. The lowest BCUT2D eigenvalue weighted by molar-refractivity contribution is 0.410. The molecule has 10 aromatic rings. The largest absolute Gasteiger partial charge is 0.456 e. The molecule has 3 heterocycles. The van der Waals surface area contributed by atoms with Crippen molar-refractivity contribution in [3.8, 4) is 11.1 Å². The normalized spacial score (nSPS) is 16.3. The van der Waals surface area contributed by atoms with E-state index in [0.29, 0.717) is 0 Å². The van der Waals surface area contributed by atoms with Gasteiger partial charge in [-0.15, -0.1) is 0 Å². The zero-order chi connectivity index (χ0) is 34.2. The molecule has 5 nitrogen and oxygen atoms in total. The number of nitrogens with one attached hydrogen (secondary N) is 2. The molecule has 2 atom stereocenters. The van der Waals surface area contributed by atoms with Crippen LogP contribution in [0.1, 0.15) is 29.0 Å². The molecule has 2 unspecified atom stereocenters. The molecular weight excluding hydrogens is 639 g/mol. The van der Waals surface area contributed by atoms with Crippen LogP contribution in [-0.2, 0) is 0 Å². The minimum atomic E-state index is -0.330. The van der Waals surface area contributed by atoms with Crippen molar-refractivity contribution in [1.82, 2.24) is 10.6 Å². The molecule has 5 heteroatoms.